The van der Waals surface area contributed by atoms with Crippen molar-refractivity contribution in [3.63, 3.8) is 0 Å². The van der Waals surface area contributed by atoms with Gasteiger partial charge in [-0.15, -0.1) is 0 Å². The van der Waals surface area contributed by atoms with E-state index in [2.05, 4.69) is 46.4 Å². The molecule has 6 nitrogen and oxygen atoms in total. The van der Waals surface area contributed by atoms with Crippen molar-refractivity contribution in [1.29, 1.82) is 0 Å². The number of nitrogens with one attached hydrogen (secondary N) is 2. The highest BCUT2D eigenvalue weighted by atomic mass is 32.2. The average molecular weight is 551 g/mol. The first-order valence-corrected chi connectivity index (χ1v) is 14.1. The summed E-state index contributed by atoms with van der Waals surface area (Å²) in [4.78, 5) is 17.6. The summed E-state index contributed by atoms with van der Waals surface area (Å²) in [5.74, 6) is 0. The van der Waals surface area contributed by atoms with Crippen LogP contribution < -0.4 is 15.8 Å². The van der Waals surface area contributed by atoms with Crippen molar-refractivity contribution in [2.24, 2.45) is 0 Å². The molecule has 1 fully saturated rings. The van der Waals surface area contributed by atoms with Crippen LogP contribution in [0.15, 0.2) is 82.5 Å². The van der Waals surface area contributed by atoms with Crippen molar-refractivity contribution in [2.45, 2.75) is 30.5 Å². The number of hydrogen-bond donors (Lipinski definition) is 2. The molecule has 39 heavy (non-hydrogen) atoms. The molecule has 9 heteroatoms. The zero-order valence-corrected chi connectivity index (χ0v) is 22.8. The third-order valence-corrected chi connectivity index (χ3v) is 8.73. The van der Waals surface area contributed by atoms with E-state index in [1.54, 1.807) is 12.1 Å². The number of H-pyrrole nitrogens is 1. The summed E-state index contributed by atoms with van der Waals surface area (Å²) in [6.45, 7) is 3.16. The number of pyridine rings is 1. The molecule has 1 aliphatic heterocycles. The molecule has 0 saturated carbocycles. The zero-order valence-electron chi connectivity index (χ0n) is 22.0. The number of alkyl halides is 2. The number of anilines is 2. The van der Waals surface area contributed by atoms with E-state index in [1.165, 1.54) is 0 Å². The van der Waals surface area contributed by atoms with Crippen LogP contribution in [0.2, 0.25) is 0 Å². The van der Waals surface area contributed by atoms with E-state index in [-0.39, 0.29) is 11.6 Å². The van der Waals surface area contributed by atoms with E-state index in [9.17, 15) is 17.8 Å². The largest absolute Gasteiger partial charge is 0.388 e. The van der Waals surface area contributed by atoms with Gasteiger partial charge in [0.05, 0.1) is 4.90 Å². The van der Waals surface area contributed by atoms with Crippen molar-refractivity contribution in [2.75, 3.05) is 43.6 Å². The quantitative estimate of drug-likeness (QED) is 0.309. The molecule has 5 rings (SSSR count). The third-order valence-electron chi connectivity index (χ3n) is 7.26. The highest BCUT2D eigenvalue weighted by Gasteiger charge is 2.27. The molecule has 2 N–H and O–H groups in total. The molecule has 1 saturated heterocycles. The predicted octanol–water partition coefficient (Wildman–Crippen LogP) is 5.37. The summed E-state index contributed by atoms with van der Waals surface area (Å²) in [6, 6.07) is 22.8. The Hall–Kier alpha value is -3.56. The van der Waals surface area contributed by atoms with Crippen molar-refractivity contribution in [3.8, 4) is 0 Å². The lowest BCUT2D eigenvalue weighted by Crippen LogP contribution is -2.52. The lowest BCUT2D eigenvalue weighted by Gasteiger charge is -2.40. The van der Waals surface area contributed by atoms with Crippen molar-refractivity contribution in [3.05, 3.63) is 99.8 Å². The Balaban J connectivity index is 1.26. The second kappa shape index (κ2) is 11.7. The van der Waals surface area contributed by atoms with E-state index in [0.717, 1.165) is 40.0 Å². The molecule has 3 atom stereocenters. The van der Waals surface area contributed by atoms with Crippen LogP contribution in [0.3, 0.4) is 0 Å². The van der Waals surface area contributed by atoms with Gasteiger partial charge in [-0.3, -0.25) is 4.79 Å². The van der Waals surface area contributed by atoms with E-state index < -0.39 is 29.4 Å². The summed E-state index contributed by atoms with van der Waals surface area (Å²) in [5, 5.41) is 3.64. The Morgan fingerprint density at radius 1 is 1.03 bits per heavy atom. The number of fused-ring (bicyclic) bond motifs is 1. The molecular weight excluding hydrogens is 518 g/mol. The van der Waals surface area contributed by atoms with E-state index in [4.69, 9.17) is 0 Å². The van der Waals surface area contributed by atoms with Crippen LogP contribution in [0.25, 0.3) is 10.9 Å². The average Bonchev–Trinajstić information content (AvgIpc) is 2.96. The highest BCUT2D eigenvalue weighted by molar-refractivity contribution is 7.82. The molecule has 0 radical (unpaired) electrons. The summed E-state index contributed by atoms with van der Waals surface area (Å²) >= 11 is 0. The van der Waals surface area contributed by atoms with Gasteiger partial charge in [0.2, 0.25) is 5.56 Å². The van der Waals surface area contributed by atoms with Crippen LogP contribution in [-0.4, -0.2) is 52.9 Å². The second-order valence-electron chi connectivity index (χ2n) is 9.89. The number of aromatic nitrogens is 1. The zero-order chi connectivity index (χ0) is 27.5. The van der Waals surface area contributed by atoms with Crippen LogP contribution in [-0.2, 0) is 17.4 Å². The maximum absolute atomic E-state index is 14.2. The van der Waals surface area contributed by atoms with Gasteiger partial charge >= 0.3 is 0 Å². The Labute approximate surface area is 229 Å². The Bertz CT molecular complexity index is 1530. The minimum Gasteiger partial charge on any atom is -0.388 e. The fourth-order valence-corrected chi connectivity index (χ4v) is 6.43. The molecule has 4 aromatic rings. The van der Waals surface area contributed by atoms with Gasteiger partial charge in [-0.05, 0) is 73.0 Å². The van der Waals surface area contributed by atoms with Gasteiger partial charge in [0, 0.05) is 66.6 Å². The smallest absolute Gasteiger partial charge is 0.248 e. The van der Waals surface area contributed by atoms with Crippen LogP contribution >= 0.6 is 0 Å². The first-order valence-electron chi connectivity index (χ1n) is 13.0. The van der Waals surface area contributed by atoms with Gasteiger partial charge in [0.25, 0.3) is 0 Å². The molecule has 0 bridgehead atoms. The SMILES string of the molecule is CNc1ccc(N2CCN(S(=O)c3ccc(Cc4ccc5[nH]c(=O)cc(C(F)CF)c5c4)cc3)CC2C)cc1. The molecule has 1 aromatic heterocycles. The van der Waals surface area contributed by atoms with Crippen molar-refractivity contribution >= 4 is 33.3 Å². The Kier molecular flexibility index (Phi) is 8.09. The van der Waals surface area contributed by atoms with Gasteiger partial charge in [-0.1, -0.05) is 18.2 Å². The van der Waals surface area contributed by atoms with Gasteiger partial charge in [0.15, 0.2) is 6.17 Å². The number of rotatable bonds is 8. The number of nitrogens with zero attached hydrogens (tertiary/aromatic N) is 2. The van der Waals surface area contributed by atoms with Gasteiger partial charge in [-0.25, -0.2) is 17.3 Å². The van der Waals surface area contributed by atoms with Crippen molar-refractivity contribution in [1.82, 2.24) is 9.29 Å². The maximum atomic E-state index is 14.2. The Morgan fingerprint density at radius 3 is 2.41 bits per heavy atom. The molecule has 1 aliphatic rings. The first kappa shape index (κ1) is 27.0. The van der Waals surface area contributed by atoms with Gasteiger partial charge in [-0.2, -0.15) is 0 Å². The predicted molar refractivity (Wildman–Crippen MR) is 154 cm³/mol. The molecule has 0 aliphatic carbocycles. The second-order valence-corrected chi connectivity index (χ2v) is 11.4. The minimum atomic E-state index is -1.84. The Morgan fingerprint density at radius 2 is 1.74 bits per heavy atom. The normalized spacial score (nSPS) is 17.7. The lowest BCUT2D eigenvalue weighted by atomic mass is 9.99. The van der Waals surface area contributed by atoms with E-state index in [1.807, 2.05) is 41.7 Å². The number of hydrogen-bond acceptors (Lipinski definition) is 4. The van der Waals surface area contributed by atoms with E-state index in [0.29, 0.717) is 30.4 Å². The standard InChI is InChI=1S/C30H32F2N4O2S/c1-20-19-35(13-14-36(20)24-8-6-23(33-2)7-9-24)39(38)25-10-3-21(4-11-25)15-22-5-12-29-27(16-22)26(28(32)18-31)17-30(37)34-29/h3-12,16-17,20,28,33H,13-15,18-19H2,1-2H3,(H,34,37). The monoisotopic (exact) mass is 550 g/mol. The van der Waals surface area contributed by atoms with Gasteiger partial charge < -0.3 is 15.2 Å². The molecule has 3 unspecified atom stereocenters. The topological polar surface area (TPSA) is 68.4 Å². The molecule has 204 valence electrons. The van der Waals surface area contributed by atoms with Crippen LogP contribution in [0.1, 0.15) is 29.8 Å². The third kappa shape index (κ3) is 5.89. The van der Waals surface area contributed by atoms with Crippen LogP contribution in [0, 0.1) is 0 Å². The van der Waals surface area contributed by atoms with Crippen molar-refractivity contribution < 1.29 is 13.0 Å². The lowest BCUT2D eigenvalue weighted by molar-refractivity contribution is 0.268. The summed E-state index contributed by atoms with van der Waals surface area (Å²) in [6.07, 6.45) is -1.28. The minimum absolute atomic E-state index is 0.0631. The maximum Gasteiger partial charge on any atom is 0.248 e. The molecule has 3 aromatic carbocycles. The van der Waals surface area contributed by atoms with Crippen LogP contribution in [0.5, 0.6) is 0 Å². The number of aromatic amines is 1. The molecule has 0 spiro atoms. The fourth-order valence-electron chi connectivity index (χ4n) is 5.17. The number of piperazine rings is 1. The molecular formula is C30H32F2N4O2S. The molecule has 2 heterocycles. The van der Waals surface area contributed by atoms with E-state index >= 15 is 0 Å². The molecule has 0 amide bonds. The van der Waals surface area contributed by atoms with Gasteiger partial charge in [0.1, 0.15) is 17.7 Å². The summed E-state index contributed by atoms with van der Waals surface area (Å²) in [5.41, 5.74) is 4.23. The van der Waals surface area contributed by atoms with Crippen LogP contribution in [0.4, 0.5) is 20.2 Å². The fraction of sp³-hybridized carbons (Fsp3) is 0.300. The highest BCUT2D eigenvalue weighted by Crippen LogP contribution is 2.27. The summed E-state index contributed by atoms with van der Waals surface area (Å²) < 4.78 is 42.6. The number of halogens is 2. The first-order chi connectivity index (χ1) is 18.9. The number of benzene rings is 3. The summed E-state index contributed by atoms with van der Waals surface area (Å²) in [7, 11) is 0.636.